The highest BCUT2D eigenvalue weighted by Crippen LogP contribution is 2.10. The molecule has 0 aliphatic carbocycles. The Labute approximate surface area is 119 Å². The summed E-state index contributed by atoms with van der Waals surface area (Å²) >= 11 is 0. The maximum atomic E-state index is 11.2. The Balaban J connectivity index is 0.00000324. The summed E-state index contributed by atoms with van der Waals surface area (Å²) in [5, 5.41) is 2.66. The van der Waals surface area contributed by atoms with Crippen LogP contribution in [-0.4, -0.2) is 26.6 Å². The van der Waals surface area contributed by atoms with Gasteiger partial charge in [0.25, 0.3) is 0 Å². The minimum Gasteiger partial charge on any atom is -0.351 e. The Hall–Kier alpha value is -1.31. The summed E-state index contributed by atoms with van der Waals surface area (Å²) < 4.78 is 24.3. The van der Waals surface area contributed by atoms with Gasteiger partial charge >= 0.3 is 0 Å². The fourth-order valence-electron chi connectivity index (χ4n) is 1.25. The maximum absolute atomic E-state index is 11.2. The summed E-state index contributed by atoms with van der Waals surface area (Å²) in [7, 11) is -3.26. The Morgan fingerprint density at radius 2 is 1.84 bits per heavy atom. The molecule has 0 aliphatic rings. The SMILES string of the molecule is C[C@@H](N)C(=O)NCc1ccc(NS(C)(=O)=O)cc1.Cl. The Morgan fingerprint density at radius 3 is 2.26 bits per heavy atom. The van der Waals surface area contributed by atoms with E-state index in [4.69, 9.17) is 5.73 Å². The number of carbonyl (C=O) groups excluding carboxylic acids is 1. The number of hydrogen-bond donors (Lipinski definition) is 3. The summed E-state index contributed by atoms with van der Waals surface area (Å²) in [5.74, 6) is -0.228. The lowest BCUT2D eigenvalue weighted by molar-refractivity contribution is -0.122. The van der Waals surface area contributed by atoms with Gasteiger partial charge in [-0.25, -0.2) is 8.42 Å². The standard InChI is InChI=1S/C11H17N3O3S.ClH/c1-8(12)11(15)13-7-9-3-5-10(6-4-9)14-18(2,16)17;/h3-6,8,14H,7,12H2,1-2H3,(H,13,15);1H/t8-;/m1./s1. The van der Waals surface area contributed by atoms with Gasteiger partial charge in [-0.2, -0.15) is 0 Å². The van der Waals surface area contributed by atoms with Crippen LogP contribution < -0.4 is 15.8 Å². The first-order chi connectivity index (χ1) is 8.28. The molecule has 0 saturated heterocycles. The quantitative estimate of drug-likeness (QED) is 0.735. The Bertz CT molecular complexity index is 514. The number of nitrogens with one attached hydrogen (secondary N) is 2. The molecule has 0 fully saturated rings. The zero-order chi connectivity index (χ0) is 13.8. The first kappa shape index (κ1) is 17.7. The van der Waals surface area contributed by atoms with Crippen molar-refractivity contribution in [1.82, 2.24) is 5.32 Å². The van der Waals surface area contributed by atoms with Gasteiger partial charge in [-0.05, 0) is 24.6 Å². The molecule has 6 nitrogen and oxygen atoms in total. The van der Waals surface area contributed by atoms with Gasteiger partial charge in [0.1, 0.15) is 0 Å². The number of carbonyl (C=O) groups is 1. The molecule has 0 heterocycles. The summed E-state index contributed by atoms with van der Waals surface area (Å²) in [4.78, 5) is 11.2. The number of benzene rings is 1. The molecule has 1 atom stereocenters. The lowest BCUT2D eigenvalue weighted by atomic mass is 10.2. The molecule has 1 aromatic rings. The molecule has 0 saturated carbocycles. The van der Waals surface area contributed by atoms with Gasteiger partial charge in [0.15, 0.2) is 0 Å². The van der Waals surface area contributed by atoms with Gasteiger partial charge in [0.05, 0.1) is 12.3 Å². The van der Waals surface area contributed by atoms with E-state index in [2.05, 4.69) is 10.0 Å². The lowest BCUT2D eigenvalue weighted by Crippen LogP contribution is -2.37. The van der Waals surface area contributed by atoms with Crippen LogP contribution in [0.3, 0.4) is 0 Å². The number of sulfonamides is 1. The van der Waals surface area contributed by atoms with Crippen LogP contribution >= 0.6 is 12.4 Å². The molecule has 0 bridgehead atoms. The fourth-order valence-corrected chi connectivity index (χ4v) is 1.82. The van der Waals surface area contributed by atoms with Gasteiger partial charge < -0.3 is 11.1 Å². The van der Waals surface area contributed by atoms with Crippen molar-refractivity contribution < 1.29 is 13.2 Å². The molecular weight excluding hydrogens is 290 g/mol. The van der Waals surface area contributed by atoms with Crippen LogP contribution in [0.2, 0.25) is 0 Å². The van der Waals surface area contributed by atoms with Crippen molar-refractivity contribution in [1.29, 1.82) is 0 Å². The van der Waals surface area contributed by atoms with Gasteiger partial charge in [-0.1, -0.05) is 12.1 Å². The summed E-state index contributed by atoms with van der Waals surface area (Å²) in [6, 6.07) is 6.18. The van der Waals surface area contributed by atoms with Gasteiger partial charge in [0.2, 0.25) is 15.9 Å². The average molecular weight is 308 g/mol. The van der Waals surface area contributed by atoms with Crippen molar-refractivity contribution in [2.75, 3.05) is 11.0 Å². The fraction of sp³-hybridized carbons (Fsp3) is 0.364. The van der Waals surface area contributed by atoms with Crippen LogP contribution in [0.5, 0.6) is 0 Å². The highest BCUT2D eigenvalue weighted by atomic mass is 35.5. The largest absolute Gasteiger partial charge is 0.351 e. The van der Waals surface area contributed by atoms with Crippen LogP contribution in [0.1, 0.15) is 12.5 Å². The molecule has 0 aliphatic heterocycles. The van der Waals surface area contributed by atoms with Crippen molar-refractivity contribution in [2.45, 2.75) is 19.5 Å². The maximum Gasteiger partial charge on any atom is 0.236 e. The first-order valence-electron chi connectivity index (χ1n) is 5.38. The molecule has 0 aromatic heterocycles. The van der Waals surface area contributed by atoms with E-state index >= 15 is 0 Å². The smallest absolute Gasteiger partial charge is 0.236 e. The topological polar surface area (TPSA) is 101 Å². The molecule has 0 radical (unpaired) electrons. The highest BCUT2D eigenvalue weighted by Gasteiger charge is 2.06. The number of halogens is 1. The molecule has 8 heteroatoms. The van der Waals surface area contributed by atoms with Crippen molar-refractivity contribution in [3.63, 3.8) is 0 Å². The van der Waals surface area contributed by atoms with E-state index in [1.807, 2.05) is 0 Å². The van der Waals surface area contributed by atoms with Crippen LogP contribution in [0.15, 0.2) is 24.3 Å². The number of anilines is 1. The molecule has 4 N–H and O–H groups in total. The van der Waals surface area contributed by atoms with Crippen molar-refractivity contribution in [2.24, 2.45) is 5.73 Å². The normalized spacial score (nSPS) is 12.2. The molecule has 0 spiro atoms. The van der Waals surface area contributed by atoms with Crippen molar-refractivity contribution >= 4 is 34.0 Å². The minimum absolute atomic E-state index is 0. The minimum atomic E-state index is -3.26. The summed E-state index contributed by atoms with van der Waals surface area (Å²) in [6.45, 7) is 1.97. The second kappa shape index (κ2) is 7.32. The van der Waals surface area contributed by atoms with Crippen LogP contribution in [0.25, 0.3) is 0 Å². The molecule has 1 aromatic carbocycles. The third kappa shape index (κ3) is 7.00. The van der Waals surface area contributed by atoms with E-state index in [0.717, 1.165) is 11.8 Å². The van der Waals surface area contributed by atoms with Gasteiger partial charge in [-0.15, -0.1) is 12.4 Å². The predicted octanol–water partition coefficient (Wildman–Crippen LogP) is 0.443. The number of rotatable bonds is 5. The summed E-state index contributed by atoms with van der Waals surface area (Å²) in [6.07, 6.45) is 1.09. The first-order valence-corrected chi connectivity index (χ1v) is 7.27. The highest BCUT2D eigenvalue weighted by molar-refractivity contribution is 7.92. The number of hydrogen-bond acceptors (Lipinski definition) is 4. The molecular formula is C11H18ClN3O3S. The Kier molecular flexibility index (Phi) is 6.82. The molecule has 108 valence electrons. The number of nitrogens with two attached hydrogens (primary N) is 1. The van der Waals surface area contributed by atoms with E-state index in [-0.39, 0.29) is 18.3 Å². The number of amides is 1. The van der Waals surface area contributed by atoms with E-state index in [9.17, 15) is 13.2 Å². The third-order valence-electron chi connectivity index (χ3n) is 2.14. The molecule has 1 rings (SSSR count). The van der Waals surface area contributed by atoms with Crippen LogP contribution in [0.4, 0.5) is 5.69 Å². The predicted molar refractivity (Wildman–Crippen MR) is 77.7 cm³/mol. The third-order valence-corrected chi connectivity index (χ3v) is 2.74. The monoisotopic (exact) mass is 307 g/mol. The summed E-state index contributed by atoms with van der Waals surface area (Å²) in [5.41, 5.74) is 6.75. The molecule has 0 unspecified atom stereocenters. The van der Waals surface area contributed by atoms with Gasteiger partial charge in [-0.3, -0.25) is 9.52 Å². The van der Waals surface area contributed by atoms with E-state index in [1.54, 1.807) is 31.2 Å². The zero-order valence-corrected chi connectivity index (χ0v) is 12.3. The second-order valence-electron chi connectivity index (χ2n) is 4.08. The van der Waals surface area contributed by atoms with E-state index < -0.39 is 16.1 Å². The molecule has 1 amide bonds. The van der Waals surface area contributed by atoms with Crippen LogP contribution in [0, 0.1) is 0 Å². The van der Waals surface area contributed by atoms with Crippen molar-refractivity contribution in [3.05, 3.63) is 29.8 Å². The van der Waals surface area contributed by atoms with Gasteiger partial charge in [0, 0.05) is 12.2 Å². The zero-order valence-electron chi connectivity index (χ0n) is 10.7. The molecule has 19 heavy (non-hydrogen) atoms. The Morgan fingerprint density at radius 1 is 1.32 bits per heavy atom. The van der Waals surface area contributed by atoms with Crippen molar-refractivity contribution in [3.8, 4) is 0 Å². The van der Waals surface area contributed by atoms with E-state index in [0.29, 0.717) is 12.2 Å². The van der Waals surface area contributed by atoms with E-state index in [1.165, 1.54) is 0 Å². The lowest BCUT2D eigenvalue weighted by Gasteiger charge is -2.08. The second-order valence-corrected chi connectivity index (χ2v) is 5.83. The van der Waals surface area contributed by atoms with Crippen LogP contribution in [-0.2, 0) is 21.4 Å². The average Bonchev–Trinajstić information content (AvgIpc) is 2.25.